The molecule has 0 fully saturated rings. The van der Waals surface area contributed by atoms with E-state index in [1.54, 1.807) is 0 Å². The van der Waals surface area contributed by atoms with Gasteiger partial charge in [0.05, 0.1) is 33.1 Å². The van der Waals surface area contributed by atoms with Crippen molar-refractivity contribution in [3.8, 4) is 39.4 Å². The van der Waals surface area contributed by atoms with Crippen molar-refractivity contribution in [2.24, 2.45) is 0 Å². The van der Waals surface area contributed by atoms with Gasteiger partial charge in [0.1, 0.15) is 5.82 Å². The fourth-order valence-electron chi connectivity index (χ4n) is 9.13. The number of pyridine rings is 1. The molecule has 0 amide bonds. The Balaban J connectivity index is 0.949. The Kier molecular flexibility index (Phi) is 6.89. The molecule has 8 aromatic carbocycles. The predicted molar refractivity (Wildman–Crippen MR) is 238 cm³/mol. The summed E-state index contributed by atoms with van der Waals surface area (Å²) in [5.74, 6) is 0.923. The van der Waals surface area contributed by atoms with Crippen LogP contribution in [-0.4, -0.2) is 18.7 Å². The molecule has 4 aromatic heterocycles. The van der Waals surface area contributed by atoms with Gasteiger partial charge in [-0.05, 0) is 113 Å². The van der Waals surface area contributed by atoms with Crippen LogP contribution in [0.15, 0.2) is 206 Å². The third kappa shape index (κ3) is 4.84. The lowest BCUT2D eigenvalue weighted by molar-refractivity contribution is 1.08. The first-order chi connectivity index (χ1) is 28.3. The molecule has 57 heavy (non-hydrogen) atoms. The molecule has 0 bridgehead atoms. The summed E-state index contributed by atoms with van der Waals surface area (Å²) >= 11 is 0. The van der Waals surface area contributed by atoms with E-state index >= 15 is 0 Å². The van der Waals surface area contributed by atoms with Crippen LogP contribution >= 0.6 is 0 Å². The normalized spacial score (nSPS) is 11.9. The average Bonchev–Trinajstić information content (AvgIpc) is 3.92. The molecule has 0 spiro atoms. The monoisotopic (exact) mass is 726 g/mol. The highest BCUT2D eigenvalue weighted by Crippen LogP contribution is 2.39. The number of hydrogen-bond donors (Lipinski definition) is 0. The number of para-hydroxylation sites is 4. The van der Waals surface area contributed by atoms with Crippen molar-refractivity contribution in [2.75, 3.05) is 0 Å². The van der Waals surface area contributed by atoms with Crippen molar-refractivity contribution < 1.29 is 0 Å². The van der Waals surface area contributed by atoms with Crippen molar-refractivity contribution in [3.63, 3.8) is 0 Å². The molecule has 0 atom stereocenters. The number of rotatable bonds is 5. The van der Waals surface area contributed by atoms with E-state index in [2.05, 4.69) is 202 Å². The largest absolute Gasteiger partial charge is 0.309 e. The smallest absolute Gasteiger partial charge is 0.137 e. The van der Waals surface area contributed by atoms with Gasteiger partial charge >= 0.3 is 0 Å². The number of benzene rings is 8. The van der Waals surface area contributed by atoms with Gasteiger partial charge in [0, 0.05) is 49.9 Å². The number of fused-ring (bicyclic) bond motifs is 9. The third-order valence-corrected chi connectivity index (χ3v) is 11.7. The Morgan fingerprint density at radius 2 is 0.649 bits per heavy atom. The first-order valence-corrected chi connectivity index (χ1v) is 19.5. The lowest BCUT2D eigenvalue weighted by atomic mass is 10.0. The van der Waals surface area contributed by atoms with E-state index in [-0.39, 0.29) is 0 Å². The summed E-state index contributed by atoms with van der Waals surface area (Å²) in [7, 11) is 0. The van der Waals surface area contributed by atoms with Crippen molar-refractivity contribution >= 4 is 65.4 Å². The Morgan fingerprint density at radius 3 is 1.16 bits per heavy atom. The molecule has 4 heteroatoms. The first kappa shape index (κ1) is 31.6. The Hall–Kier alpha value is -7.69. The van der Waals surface area contributed by atoms with E-state index in [0.29, 0.717) is 0 Å². The van der Waals surface area contributed by atoms with Crippen molar-refractivity contribution in [2.45, 2.75) is 0 Å². The van der Waals surface area contributed by atoms with Crippen LogP contribution in [0.4, 0.5) is 0 Å². The van der Waals surface area contributed by atoms with Gasteiger partial charge in [-0.2, -0.15) is 0 Å². The van der Waals surface area contributed by atoms with Gasteiger partial charge in [-0.25, -0.2) is 4.98 Å². The fraction of sp³-hybridized carbons (Fsp3) is 0. The second-order valence-electron chi connectivity index (χ2n) is 14.8. The molecular weight excluding hydrogens is 693 g/mol. The van der Waals surface area contributed by atoms with E-state index in [0.717, 1.165) is 22.5 Å². The summed E-state index contributed by atoms with van der Waals surface area (Å²) in [4.78, 5) is 4.69. The van der Waals surface area contributed by atoms with Crippen LogP contribution in [0.25, 0.3) is 105 Å². The second kappa shape index (κ2) is 12.4. The lowest BCUT2D eigenvalue weighted by Gasteiger charge is -2.11. The maximum Gasteiger partial charge on any atom is 0.137 e. The van der Waals surface area contributed by atoms with E-state index < -0.39 is 0 Å². The van der Waals surface area contributed by atoms with E-state index in [9.17, 15) is 0 Å². The molecule has 0 unspecified atom stereocenters. The SMILES string of the molecule is c1ccc(-n2c3ccccc3c3cc(-c4ccc5c(c4)c4ccccc4n5-c4ccc(-c5ccc6c(c5)c5ccccc5n6-c5ccccn5)cc4)ccc32)cc1. The Labute approximate surface area is 328 Å². The molecule has 0 aliphatic heterocycles. The molecule has 4 heterocycles. The van der Waals surface area contributed by atoms with Crippen LogP contribution in [0.1, 0.15) is 0 Å². The van der Waals surface area contributed by atoms with Gasteiger partial charge in [0.2, 0.25) is 0 Å². The third-order valence-electron chi connectivity index (χ3n) is 11.7. The standard InChI is InChI=1S/C53H34N4/c1-2-12-39(13-3-1)55-47-17-7-4-14-41(47)44-33-37(24-28-50(44)55)38-25-29-51-45(34-38)42-15-5-8-18-48(42)56(51)40-26-21-35(22-27-40)36-23-30-52-46(32-36)43-16-6-9-19-49(43)57(52)53-20-10-11-31-54-53/h1-34H. The van der Waals surface area contributed by atoms with Crippen LogP contribution in [-0.2, 0) is 0 Å². The highest BCUT2D eigenvalue weighted by Gasteiger charge is 2.17. The summed E-state index contributed by atoms with van der Waals surface area (Å²) in [5.41, 5.74) is 14.2. The first-order valence-electron chi connectivity index (χ1n) is 19.5. The summed E-state index contributed by atoms with van der Waals surface area (Å²) in [6.45, 7) is 0. The molecule has 0 aliphatic rings. The van der Waals surface area contributed by atoms with Gasteiger partial charge in [-0.3, -0.25) is 4.57 Å². The molecule has 0 saturated heterocycles. The number of nitrogens with zero attached hydrogens (tertiary/aromatic N) is 4. The van der Waals surface area contributed by atoms with Crippen LogP contribution in [0.5, 0.6) is 0 Å². The highest BCUT2D eigenvalue weighted by atomic mass is 15.1. The lowest BCUT2D eigenvalue weighted by Crippen LogP contribution is -1.96. The summed E-state index contributed by atoms with van der Waals surface area (Å²) in [6, 6.07) is 72.5. The maximum atomic E-state index is 4.69. The fourth-order valence-corrected chi connectivity index (χ4v) is 9.13. The zero-order valence-corrected chi connectivity index (χ0v) is 30.9. The molecule has 0 radical (unpaired) electrons. The topological polar surface area (TPSA) is 27.7 Å². The molecule has 0 saturated carbocycles. The minimum Gasteiger partial charge on any atom is -0.309 e. The number of aromatic nitrogens is 4. The van der Waals surface area contributed by atoms with Gasteiger partial charge in [-0.15, -0.1) is 0 Å². The molecule has 266 valence electrons. The van der Waals surface area contributed by atoms with Crippen molar-refractivity contribution in [1.82, 2.24) is 18.7 Å². The van der Waals surface area contributed by atoms with Crippen LogP contribution in [0.2, 0.25) is 0 Å². The molecule has 4 nitrogen and oxygen atoms in total. The van der Waals surface area contributed by atoms with E-state index in [1.807, 2.05) is 18.3 Å². The van der Waals surface area contributed by atoms with E-state index in [1.165, 1.54) is 82.3 Å². The summed E-state index contributed by atoms with van der Waals surface area (Å²) < 4.78 is 7.03. The highest BCUT2D eigenvalue weighted by molar-refractivity contribution is 6.13. The van der Waals surface area contributed by atoms with Crippen LogP contribution in [0.3, 0.4) is 0 Å². The Bertz CT molecular complexity index is 3500. The molecule has 12 rings (SSSR count). The van der Waals surface area contributed by atoms with Gasteiger partial charge in [-0.1, -0.05) is 109 Å². The van der Waals surface area contributed by atoms with Gasteiger partial charge in [0.15, 0.2) is 0 Å². The van der Waals surface area contributed by atoms with Gasteiger partial charge < -0.3 is 9.13 Å². The van der Waals surface area contributed by atoms with Crippen molar-refractivity contribution in [1.29, 1.82) is 0 Å². The molecule has 0 N–H and O–H groups in total. The van der Waals surface area contributed by atoms with Gasteiger partial charge in [0.25, 0.3) is 0 Å². The van der Waals surface area contributed by atoms with E-state index in [4.69, 9.17) is 4.98 Å². The van der Waals surface area contributed by atoms with Crippen LogP contribution < -0.4 is 0 Å². The van der Waals surface area contributed by atoms with Crippen LogP contribution in [0, 0.1) is 0 Å². The minimum atomic E-state index is 0.923. The maximum absolute atomic E-state index is 4.69. The summed E-state index contributed by atoms with van der Waals surface area (Å²) in [6.07, 6.45) is 1.86. The quantitative estimate of drug-likeness (QED) is 0.174. The molecule has 12 aromatic rings. The molecule has 0 aliphatic carbocycles. The van der Waals surface area contributed by atoms with Crippen molar-refractivity contribution in [3.05, 3.63) is 206 Å². The average molecular weight is 727 g/mol. The summed E-state index contributed by atoms with van der Waals surface area (Å²) in [5, 5.41) is 7.45. The number of hydrogen-bond acceptors (Lipinski definition) is 1. The zero-order chi connectivity index (χ0) is 37.5. The minimum absolute atomic E-state index is 0.923. The zero-order valence-electron chi connectivity index (χ0n) is 30.9. The predicted octanol–water partition coefficient (Wildman–Crippen LogP) is 13.7. The second-order valence-corrected chi connectivity index (χ2v) is 14.8. The Morgan fingerprint density at radius 1 is 0.263 bits per heavy atom. The molecular formula is C53H34N4.